The number of hydrogen-bond donors (Lipinski definition) is 0. The summed E-state index contributed by atoms with van der Waals surface area (Å²) in [6.07, 6.45) is 0.602. The molecular weight excluding hydrogens is 713 g/mol. The summed E-state index contributed by atoms with van der Waals surface area (Å²) in [6, 6.07) is 0.657. The lowest BCUT2D eigenvalue weighted by molar-refractivity contribution is -0.138. The Morgan fingerprint density at radius 2 is 0.907 bits per heavy atom. The van der Waals surface area contributed by atoms with E-state index in [1.807, 2.05) is 0 Å². The number of ether oxygens (including phenoxy) is 1. The average Bonchev–Trinajstić information content (AvgIpc) is 2.69. The van der Waals surface area contributed by atoms with Gasteiger partial charge in [-0.3, -0.25) is 0 Å². The summed E-state index contributed by atoms with van der Waals surface area (Å²) in [4.78, 5) is 12.3. The molecule has 0 saturated carbocycles. The Morgan fingerprint density at radius 3 is 1.19 bits per heavy atom. The van der Waals surface area contributed by atoms with E-state index in [1.165, 1.54) is 0 Å². The third kappa shape index (κ3) is 17.2. The summed E-state index contributed by atoms with van der Waals surface area (Å²) in [6.45, 7) is 43.2. The molecule has 0 aromatic carbocycles. The Balaban J connectivity index is 7.47. The molecule has 0 N–H and O–H groups in total. The quantitative estimate of drug-likeness (QED) is 0.0600. The maximum absolute atomic E-state index is 12.3. The highest BCUT2D eigenvalue weighted by molar-refractivity contribution is 7.64. The monoisotopic (exact) mass is 778 g/mol. The maximum atomic E-state index is 12.3. The first-order valence-electron chi connectivity index (χ1n) is 15.3. The minimum absolute atomic E-state index is 0.260. The van der Waals surface area contributed by atoms with Gasteiger partial charge in [-0.05, 0) is 131 Å². The van der Waals surface area contributed by atoms with Crippen molar-refractivity contribution < 1.29 is 38.3 Å². The zero-order valence-corrected chi connectivity index (χ0v) is 41.7. The van der Waals surface area contributed by atoms with E-state index in [0.717, 1.165) is 0 Å². The van der Waals surface area contributed by atoms with E-state index in [-0.39, 0.29) is 12.6 Å². The minimum Gasteiger partial charge on any atom is -0.462 e. The lowest BCUT2D eigenvalue weighted by atomic mass is 10.4. The normalized spacial score (nSPS) is 18.6. The SMILES string of the molecule is C=C(C)C(=O)OCCC[Si](O[Si](C)(C)C)([Si](C)(O[SiH2]O[Si](C)(C)C)O[Si](C)(C)C)[Si](C)(O[SiH2]O[Si](C)(C)C)O[Si](C)(C)C. The van der Waals surface area contributed by atoms with Crippen molar-refractivity contribution in [3.8, 4) is 0 Å². The van der Waals surface area contributed by atoms with Crippen molar-refractivity contribution >= 4 is 91.1 Å². The first-order chi connectivity index (χ1) is 18.9. The molecule has 0 aromatic rings. The highest BCUT2D eigenvalue weighted by Crippen LogP contribution is 2.42. The van der Waals surface area contributed by atoms with Gasteiger partial charge in [0.2, 0.25) is 0 Å². The van der Waals surface area contributed by atoms with Crippen LogP contribution < -0.4 is 0 Å². The van der Waals surface area contributed by atoms with Crippen LogP contribution in [0.15, 0.2) is 12.2 Å². The van der Waals surface area contributed by atoms with Crippen LogP contribution in [0.5, 0.6) is 0 Å². The van der Waals surface area contributed by atoms with Crippen molar-refractivity contribution in [2.24, 2.45) is 0 Å². The molecule has 256 valence electrons. The van der Waals surface area contributed by atoms with Crippen LogP contribution >= 0.6 is 0 Å². The van der Waals surface area contributed by atoms with Crippen LogP contribution in [0, 0.1) is 0 Å². The van der Waals surface area contributed by atoms with Gasteiger partial charge in [0.05, 0.1) is 6.61 Å². The lowest BCUT2D eigenvalue weighted by Crippen LogP contribution is -2.85. The molecule has 0 fully saturated rings. The van der Waals surface area contributed by atoms with Gasteiger partial charge in [0.1, 0.15) is 0 Å². The van der Waals surface area contributed by atoms with Gasteiger partial charge in [-0.1, -0.05) is 6.58 Å². The zero-order chi connectivity index (χ0) is 34.3. The second-order valence-electron chi connectivity index (χ2n) is 16.4. The fourth-order valence-corrected chi connectivity index (χ4v) is 76.1. The molecule has 0 aliphatic carbocycles. The standard InChI is InChI=1S/C24H66O9Si10/c1-23(2)24(25)26-21-20-22-43(33-40(15,16)17,41(18,31-38(9,10)11)29-34-27-36(3,4)5)42(19,32-39(12,13)14)30-35-28-37(6,7)8/h1,20-22,34-35H2,2-19H3. The molecule has 0 spiro atoms. The Morgan fingerprint density at radius 1 is 0.558 bits per heavy atom. The van der Waals surface area contributed by atoms with Crippen LogP contribution in [0.3, 0.4) is 0 Å². The second kappa shape index (κ2) is 16.5. The smallest absolute Gasteiger partial charge is 0.333 e. The molecule has 0 aromatic heterocycles. The summed E-state index contributed by atoms with van der Waals surface area (Å²) in [5.74, 6) is -0.380. The van der Waals surface area contributed by atoms with Gasteiger partial charge in [-0.25, -0.2) is 4.79 Å². The molecule has 0 aliphatic heterocycles. The fourth-order valence-electron chi connectivity index (χ4n) is 4.50. The van der Waals surface area contributed by atoms with Crippen LogP contribution in [0.1, 0.15) is 13.3 Å². The van der Waals surface area contributed by atoms with E-state index >= 15 is 0 Å². The second-order valence-corrected chi connectivity index (χ2v) is 62.8. The molecule has 0 amide bonds. The zero-order valence-electron chi connectivity index (χ0n) is 30.9. The third-order valence-electron chi connectivity index (χ3n) is 5.86. The summed E-state index contributed by atoms with van der Waals surface area (Å²) < 4.78 is 55.0. The first-order valence-corrected chi connectivity index (χ1v) is 43.4. The van der Waals surface area contributed by atoms with E-state index < -0.39 is 85.1 Å². The van der Waals surface area contributed by atoms with Crippen molar-refractivity contribution in [1.29, 1.82) is 0 Å². The molecule has 0 saturated heterocycles. The number of esters is 1. The van der Waals surface area contributed by atoms with E-state index in [2.05, 4.69) is 118 Å². The molecule has 2 atom stereocenters. The summed E-state index contributed by atoms with van der Waals surface area (Å²) in [7, 11) is -22.5. The van der Waals surface area contributed by atoms with Gasteiger partial charge in [-0.15, -0.1) is 0 Å². The van der Waals surface area contributed by atoms with Gasteiger partial charge >= 0.3 is 22.1 Å². The summed E-state index contributed by atoms with van der Waals surface area (Å²) >= 11 is 0. The summed E-state index contributed by atoms with van der Waals surface area (Å²) in [5, 5.41) is 0. The Labute approximate surface area is 277 Å². The molecule has 43 heavy (non-hydrogen) atoms. The Hall–Kier alpha value is 1.10. The molecular formula is C24H66O9Si10. The number of rotatable bonds is 21. The molecule has 0 bridgehead atoms. The van der Waals surface area contributed by atoms with Crippen LogP contribution in [0.25, 0.3) is 0 Å². The third-order valence-corrected chi connectivity index (χ3v) is 59.7. The van der Waals surface area contributed by atoms with Gasteiger partial charge in [-0.2, -0.15) is 0 Å². The topological polar surface area (TPSA) is 90.9 Å². The van der Waals surface area contributed by atoms with Crippen LogP contribution in [-0.4, -0.2) is 97.7 Å². The van der Waals surface area contributed by atoms with Gasteiger partial charge in [0.25, 0.3) is 27.4 Å². The lowest BCUT2D eigenvalue weighted by Gasteiger charge is -2.55. The molecule has 0 rings (SSSR count). The van der Waals surface area contributed by atoms with Crippen molar-refractivity contribution in [2.45, 2.75) is 131 Å². The van der Waals surface area contributed by atoms with E-state index in [0.29, 0.717) is 18.0 Å². The Kier molecular flexibility index (Phi) is 16.9. The maximum Gasteiger partial charge on any atom is 0.333 e. The van der Waals surface area contributed by atoms with E-state index in [9.17, 15) is 4.79 Å². The van der Waals surface area contributed by atoms with Gasteiger partial charge < -0.3 is 33.5 Å². The highest BCUT2D eigenvalue weighted by atomic mass is 29.7. The number of carbonyl (C=O) groups excluding carboxylic acids is 1. The summed E-state index contributed by atoms with van der Waals surface area (Å²) in [5.41, 5.74) is 0.389. The van der Waals surface area contributed by atoms with Crippen molar-refractivity contribution in [2.75, 3.05) is 6.61 Å². The van der Waals surface area contributed by atoms with Gasteiger partial charge in [0.15, 0.2) is 41.6 Å². The predicted octanol–water partition coefficient (Wildman–Crippen LogP) is 6.03. The predicted molar refractivity (Wildman–Crippen MR) is 206 cm³/mol. The Bertz CT molecular complexity index is 862. The first kappa shape index (κ1) is 44.1. The molecule has 19 heteroatoms. The minimum atomic E-state index is -3.20. The van der Waals surface area contributed by atoms with Crippen LogP contribution in [0.4, 0.5) is 0 Å². The molecule has 0 radical (unpaired) electrons. The molecule has 0 heterocycles. The number of hydrogen-bond acceptors (Lipinski definition) is 9. The number of carbonyl (C=O) groups is 1. The molecule has 0 aliphatic rings. The van der Waals surface area contributed by atoms with Crippen molar-refractivity contribution in [3.63, 3.8) is 0 Å². The van der Waals surface area contributed by atoms with Gasteiger partial charge in [0, 0.05) is 5.57 Å². The highest BCUT2D eigenvalue weighted by Gasteiger charge is 2.73. The van der Waals surface area contributed by atoms with E-state index in [4.69, 9.17) is 33.5 Å². The van der Waals surface area contributed by atoms with Crippen LogP contribution in [0.2, 0.25) is 117 Å². The van der Waals surface area contributed by atoms with Crippen molar-refractivity contribution in [3.05, 3.63) is 12.2 Å². The fraction of sp³-hybridized carbons (Fsp3) is 0.875. The molecule has 9 nitrogen and oxygen atoms in total. The van der Waals surface area contributed by atoms with Crippen molar-refractivity contribution in [1.82, 2.24) is 0 Å². The largest absolute Gasteiger partial charge is 0.462 e. The molecule has 2 unspecified atom stereocenters. The van der Waals surface area contributed by atoms with Crippen LogP contribution in [-0.2, 0) is 38.3 Å². The average molecular weight is 780 g/mol. The van der Waals surface area contributed by atoms with E-state index in [1.54, 1.807) is 6.92 Å².